The lowest BCUT2D eigenvalue weighted by molar-refractivity contribution is -0.140. The van der Waals surface area contributed by atoms with Crippen LogP contribution >= 0.6 is 34.5 Å². The summed E-state index contributed by atoms with van der Waals surface area (Å²) in [4.78, 5) is 5.25. The first-order valence-corrected chi connectivity index (χ1v) is 10.4. The molecule has 1 aliphatic heterocycles. The minimum absolute atomic E-state index is 0.0222. The second-order valence-corrected chi connectivity index (χ2v) is 9.07. The van der Waals surface area contributed by atoms with E-state index in [2.05, 4.69) is 4.98 Å². The lowest BCUT2D eigenvalue weighted by Gasteiger charge is -2.33. The third kappa shape index (κ3) is 3.94. The molecule has 142 valence electrons. The Morgan fingerprint density at radius 2 is 1.73 bits per heavy atom. The average Bonchev–Trinajstić information content (AvgIpc) is 3.08. The molecule has 3 rings (SSSR count). The van der Waals surface area contributed by atoms with Crippen LogP contribution in [0.2, 0.25) is 10.0 Å². The number of aromatic nitrogens is 1. The SMILES string of the molecule is O=S(=O)(c1ccc(Cl)c(Cl)c1)N1CCN(c2nc(C(F)(F)F)cs2)CC1. The zero-order valence-electron chi connectivity index (χ0n) is 13.0. The monoisotopic (exact) mass is 445 g/mol. The maximum atomic E-state index is 12.7. The van der Waals surface area contributed by atoms with Gasteiger partial charge in [-0.2, -0.15) is 17.5 Å². The molecule has 12 heteroatoms. The number of sulfonamides is 1. The first-order chi connectivity index (χ1) is 12.1. The van der Waals surface area contributed by atoms with Gasteiger partial charge in [0.1, 0.15) is 0 Å². The molecule has 1 fully saturated rings. The molecule has 0 atom stereocenters. The Balaban J connectivity index is 1.71. The van der Waals surface area contributed by atoms with E-state index in [4.69, 9.17) is 23.2 Å². The Labute approximate surface area is 162 Å². The van der Waals surface area contributed by atoms with Gasteiger partial charge in [-0.1, -0.05) is 23.2 Å². The summed E-state index contributed by atoms with van der Waals surface area (Å²) in [6.07, 6.45) is -4.49. The van der Waals surface area contributed by atoms with E-state index in [9.17, 15) is 21.6 Å². The second kappa shape index (κ2) is 7.16. The van der Waals surface area contributed by atoms with Gasteiger partial charge in [-0.25, -0.2) is 13.4 Å². The number of piperazine rings is 1. The summed E-state index contributed by atoms with van der Waals surface area (Å²) in [5.41, 5.74) is -0.941. The van der Waals surface area contributed by atoms with Crippen LogP contribution in [-0.4, -0.2) is 43.9 Å². The highest BCUT2D eigenvalue weighted by Crippen LogP contribution is 2.33. The topological polar surface area (TPSA) is 53.5 Å². The number of hydrogen-bond acceptors (Lipinski definition) is 5. The molecule has 26 heavy (non-hydrogen) atoms. The van der Waals surface area contributed by atoms with Crippen molar-refractivity contribution in [1.82, 2.24) is 9.29 Å². The Bertz CT molecular complexity index is 910. The van der Waals surface area contributed by atoms with Gasteiger partial charge < -0.3 is 4.90 Å². The predicted molar refractivity (Wildman–Crippen MR) is 94.5 cm³/mol. The van der Waals surface area contributed by atoms with Crippen molar-refractivity contribution in [3.05, 3.63) is 39.3 Å². The normalized spacial score (nSPS) is 16.9. The van der Waals surface area contributed by atoms with Crippen LogP contribution in [0.4, 0.5) is 18.3 Å². The summed E-state index contributed by atoms with van der Waals surface area (Å²) in [5.74, 6) is 0. The van der Waals surface area contributed by atoms with Gasteiger partial charge in [0.2, 0.25) is 10.0 Å². The third-order valence-corrected chi connectivity index (χ3v) is 7.36. The van der Waals surface area contributed by atoms with Gasteiger partial charge in [0, 0.05) is 31.6 Å². The van der Waals surface area contributed by atoms with E-state index in [1.54, 1.807) is 4.90 Å². The molecule has 0 saturated carbocycles. The summed E-state index contributed by atoms with van der Waals surface area (Å²) in [6.45, 7) is 0.740. The van der Waals surface area contributed by atoms with Gasteiger partial charge in [0.15, 0.2) is 10.8 Å². The summed E-state index contributed by atoms with van der Waals surface area (Å²) in [7, 11) is -3.76. The van der Waals surface area contributed by atoms with Crippen molar-refractivity contribution >= 4 is 49.7 Å². The second-order valence-electron chi connectivity index (χ2n) is 5.48. The van der Waals surface area contributed by atoms with E-state index < -0.39 is 21.9 Å². The van der Waals surface area contributed by atoms with E-state index >= 15 is 0 Å². The molecule has 0 bridgehead atoms. The number of hydrogen-bond donors (Lipinski definition) is 0. The maximum Gasteiger partial charge on any atom is 0.434 e. The van der Waals surface area contributed by atoms with Crippen molar-refractivity contribution in [2.45, 2.75) is 11.1 Å². The highest BCUT2D eigenvalue weighted by Gasteiger charge is 2.35. The van der Waals surface area contributed by atoms with E-state index in [1.807, 2.05) is 0 Å². The van der Waals surface area contributed by atoms with Gasteiger partial charge in [0.25, 0.3) is 0 Å². The Morgan fingerprint density at radius 3 is 2.27 bits per heavy atom. The molecule has 1 aliphatic rings. The fourth-order valence-electron chi connectivity index (χ4n) is 2.45. The highest BCUT2D eigenvalue weighted by atomic mass is 35.5. The van der Waals surface area contributed by atoms with Crippen molar-refractivity contribution in [1.29, 1.82) is 0 Å². The third-order valence-electron chi connectivity index (χ3n) is 3.82. The van der Waals surface area contributed by atoms with Crippen LogP contribution in [0.15, 0.2) is 28.5 Å². The lowest BCUT2D eigenvalue weighted by Crippen LogP contribution is -2.48. The van der Waals surface area contributed by atoms with Crippen molar-refractivity contribution in [2.75, 3.05) is 31.1 Å². The predicted octanol–water partition coefficient (Wildman–Crippen LogP) is 3.98. The van der Waals surface area contributed by atoms with Gasteiger partial charge in [0.05, 0.1) is 14.9 Å². The van der Waals surface area contributed by atoms with Crippen LogP contribution in [0.3, 0.4) is 0 Å². The molecule has 0 unspecified atom stereocenters. The van der Waals surface area contributed by atoms with Crippen LogP contribution in [0.25, 0.3) is 0 Å². The Kier molecular flexibility index (Phi) is 5.42. The first kappa shape index (κ1) is 19.7. The molecule has 0 amide bonds. The fraction of sp³-hybridized carbons (Fsp3) is 0.357. The average molecular weight is 446 g/mol. The standard InChI is InChI=1S/C14H12Cl2F3N3O2S2/c15-10-2-1-9(7-11(10)16)26(23,24)22-5-3-21(4-6-22)13-20-12(8-25-13)14(17,18)19/h1-2,7-8H,3-6H2. The van der Waals surface area contributed by atoms with Crippen LogP contribution in [-0.2, 0) is 16.2 Å². The minimum atomic E-state index is -4.49. The summed E-state index contributed by atoms with van der Waals surface area (Å²) in [6, 6.07) is 4.05. The molecule has 1 saturated heterocycles. The minimum Gasteiger partial charge on any atom is -0.345 e. The molecule has 0 radical (unpaired) electrons. The van der Waals surface area contributed by atoms with Crippen molar-refractivity contribution in [3.8, 4) is 0 Å². The lowest BCUT2D eigenvalue weighted by atomic mass is 10.4. The number of benzene rings is 1. The molecule has 0 N–H and O–H groups in total. The zero-order valence-corrected chi connectivity index (χ0v) is 16.1. The van der Waals surface area contributed by atoms with Crippen LogP contribution in [0.1, 0.15) is 5.69 Å². The van der Waals surface area contributed by atoms with Crippen LogP contribution in [0.5, 0.6) is 0 Å². The Hall–Kier alpha value is -1.07. The smallest absolute Gasteiger partial charge is 0.345 e. The molecular weight excluding hydrogens is 434 g/mol. The Morgan fingerprint density at radius 1 is 1.08 bits per heavy atom. The molecule has 5 nitrogen and oxygen atoms in total. The molecule has 2 aromatic rings. The number of anilines is 1. The van der Waals surface area contributed by atoms with Crippen LogP contribution in [0, 0.1) is 0 Å². The zero-order chi connectivity index (χ0) is 19.1. The number of halogens is 5. The van der Waals surface area contributed by atoms with Gasteiger partial charge in [-0.15, -0.1) is 11.3 Å². The van der Waals surface area contributed by atoms with Gasteiger partial charge in [-0.3, -0.25) is 0 Å². The van der Waals surface area contributed by atoms with Gasteiger partial charge >= 0.3 is 6.18 Å². The summed E-state index contributed by atoms with van der Waals surface area (Å²) in [5, 5.41) is 1.56. The largest absolute Gasteiger partial charge is 0.434 e. The summed E-state index contributed by atoms with van der Waals surface area (Å²) < 4.78 is 64.6. The fourth-order valence-corrected chi connectivity index (χ4v) is 5.14. The van der Waals surface area contributed by atoms with Gasteiger partial charge in [-0.05, 0) is 18.2 Å². The molecule has 1 aromatic carbocycles. The number of nitrogens with zero attached hydrogens (tertiary/aromatic N) is 3. The van der Waals surface area contributed by atoms with E-state index in [-0.39, 0.29) is 46.3 Å². The van der Waals surface area contributed by atoms with Crippen molar-refractivity contribution in [2.24, 2.45) is 0 Å². The first-order valence-electron chi connectivity index (χ1n) is 7.32. The van der Waals surface area contributed by atoms with E-state index in [0.29, 0.717) is 0 Å². The molecule has 2 heterocycles. The maximum absolute atomic E-state index is 12.7. The molecule has 1 aromatic heterocycles. The summed E-state index contributed by atoms with van der Waals surface area (Å²) >= 11 is 12.6. The molecule has 0 spiro atoms. The van der Waals surface area contributed by atoms with Crippen molar-refractivity contribution in [3.63, 3.8) is 0 Å². The number of rotatable bonds is 3. The molecule has 0 aliphatic carbocycles. The quantitative estimate of drug-likeness (QED) is 0.716. The van der Waals surface area contributed by atoms with E-state index in [0.717, 1.165) is 16.7 Å². The highest BCUT2D eigenvalue weighted by molar-refractivity contribution is 7.89. The number of thiazole rings is 1. The van der Waals surface area contributed by atoms with Crippen LogP contribution < -0.4 is 4.90 Å². The van der Waals surface area contributed by atoms with Crippen molar-refractivity contribution < 1.29 is 21.6 Å². The van der Waals surface area contributed by atoms with E-state index in [1.165, 1.54) is 22.5 Å². The molecular formula is C14H12Cl2F3N3O2S2. The number of alkyl halides is 3.